The second kappa shape index (κ2) is 5.18. The summed E-state index contributed by atoms with van der Waals surface area (Å²) in [4.78, 5) is 16.1. The summed E-state index contributed by atoms with van der Waals surface area (Å²) in [5, 5.41) is 12.0. The number of rotatable bonds is 2. The molecule has 1 aromatic heterocycles. The zero-order valence-corrected chi connectivity index (χ0v) is 11.2. The van der Waals surface area contributed by atoms with Crippen molar-refractivity contribution in [2.24, 2.45) is 0 Å². The number of nitrogens with zero attached hydrogens (tertiary/aromatic N) is 1. The summed E-state index contributed by atoms with van der Waals surface area (Å²) in [6.45, 7) is 1.77. The van der Waals surface area contributed by atoms with Gasteiger partial charge in [-0.25, -0.2) is 4.98 Å². The molecule has 4 nitrogen and oxygen atoms in total. The van der Waals surface area contributed by atoms with E-state index in [0.717, 1.165) is 0 Å². The van der Waals surface area contributed by atoms with Crippen LogP contribution in [0.5, 0.6) is 5.75 Å². The molecule has 0 radical (unpaired) electrons. The molecular formula is C13H11BrN2O2. The quantitative estimate of drug-likeness (QED) is 0.838. The third kappa shape index (κ3) is 2.87. The highest BCUT2D eigenvalue weighted by molar-refractivity contribution is 9.10. The van der Waals surface area contributed by atoms with Gasteiger partial charge in [-0.15, -0.1) is 0 Å². The predicted molar refractivity (Wildman–Crippen MR) is 72.7 cm³/mol. The number of benzene rings is 1. The van der Waals surface area contributed by atoms with Crippen molar-refractivity contribution in [3.05, 3.63) is 52.1 Å². The van der Waals surface area contributed by atoms with Gasteiger partial charge in [-0.2, -0.15) is 0 Å². The van der Waals surface area contributed by atoms with Crippen LogP contribution >= 0.6 is 15.9 Å². The van der Waals surface area contributed by atoms with Gasteiger partial charge in [0.2, 0.25) is 0 Å². The number of halogens is 1. The standard InChI is InChI=1S/C13H11BrN2O2/c1-8-7-9(17)5-6-10(8)13(18)16-12-4-2-3-11(14)15-12/h2-7,17H,1H3,(H,15,16,18). The van der Waals surface area contributed by atoms with E-state index in [2.05, 4.69) is 26.2 Å². The van der Waals surface area contributed by atoms with Crippen LogP contribution in [0.25, 0.3) is 0 Å². The van der Waals surface area contributed by atoms with Crippen molar-refractivity contribution >= 4 is 27.7 Å². The lowest BCUT2D eigenvalue weighted by Crippen LogP contribution is -2.14. The van der Waals surface area contributed by atoms with Gasteiger partial charge >= 0.3 is 0 Å². The number of phenolic OH excluding ortho intramolecular Hbond substituents is 1. The molecule has 0 fully saturated rings. The summed E-state index contributed by atoms with van der Waals surface area (Å²) < 4.78 is 0.655. The maximum Gasteiger partial charge on any atom is 0.257 e. The SMILES string of the molecule is Cc1cc(O)ccc1C(=O)Nc1cccc(Br)n1. The van der Waals surface area contributed by atoms with Crippen LogP contribution in [0.1, 0.15) is 15.9 Å². The molecule has 0 aliphatic carbocycles. The molecule has 1 heterocycles. The number of aromatic nitrogens is 1. The average molecular weight is 307 g/mol. The summed E-state index contributed by atoms with van der Waals surface area (Å²) in [6, 6.07) is 9.88. The van der Waals surface area contributed by atoms with Crippen LogP contribution in [0.3, 0.4) is 0 Å². The van der Waals surface area contributed by atoms with Crippen molar-refractivity contribution in [2.75, 3.05) is 5.32 Å². The molecule has 1 aromatic carbocycles. The Kier molecular flexibility index (Phi) is 3.62. The van der Waals surface area contributed by atoms with Crippen molar-refractivity contribution in [1.82, 2.24) is 4.98 Å². The van der Waals surface area contributed by atoms with Crippen LogP contribution in [0.4, 0.5) is 5.82 Å². The Labute approximate surface area is 113 Å². The van der Waals surface area contributed by atoms with Crippen LogP contribution in [0.15, 0.2) is 41.0 Å². The van der Waals surface area contributed by atoms with Crippen LogP contribution < -0.4 is 5.32 Å². The molecule has 92 valence electrons. The number of anilines is 1. The lowest BCUT2D eigenvalue weighted by Gasteiger charge is -2.07. The number of aromatic hydroxyl groups is 1. The summed E-state index contributed by atoms with van der Waals surface area (Å²) in [5.41, 5.74) is 1.22. The minimum atomic E-state index is -0.252. The molecule has 0 saturated heterocycles. The van der Waals surface area contributed by atoms with Gasteiger partial charge in [-0.3, -0.25) is 4.79 Å². The summed E-state index contributed by atoms with van der Waals surface area (Å²) in [7, 11) is 0. The maximum atomic E-state index is 12.0. The van der Waals surface area contributed by atoms with Crippen molar-refractivity contribution in [2.45, 2.75) is 6.92 Å². The van der Waals surface area contributed by atoms with E-state index < -0.39 is 0 Å². The fourth-order valence-electron chi connectivity index (χ4n) is 1.56. The molecule has 0 spiro atoms. The van der Waals surface area contributed by atoms with Crippen molar-refractivity contribution in [3.63, 3.8) is 0 Å². The first kappa shape index (κ1) is 12.6. The lowest BCUT2D eigenvalue weighted by atomic mass is 10.1. The smallest absolute Gasteiger partial charge is 0.257 e. The van der Waals surface area contributed by atoms with E-state index in [4.69, 9.17) is 0 Å². The normalized spacial score (nSPS) is 10.1. The van der Waals surface area contributed by atoms with Gasteiger partial charge in [-0.1, -0.05) is 6.07 Å². The highest BCUT2D eigenvalue weighted by Gasteiger charge is 2.10. The summed E-state index contributed by atoms with van der Waals surface area (Å²) in [6.07, 6.45) is 0. The predicted octanol–water partition coefficient (Wildman–Crippen LogP) is 3.11. The van der Waals surface area contributed by atoms with Crippen molar-refractivity contribution in [1.29, 1.82) is 0 Å². The zero-order valence-electron chi connectivity index (χ0n) is 9.64. The highest BCUT2D eigenvalue weighted by atomic mass is 79.9. The molecular weight excluding hydrogens is 296 g/mol. The van der Waals surface area contributed by atoms with Gasteiger partial charge in [-0.05, 0) is 58.7 Å². The molecule has 0 aliphatic rings. The molecule has 1 amide bonds. The van der Waals surface area contributed by atoms with E-state index in [0.29, 0.717) is 21.5 Å². The van der Waals surface area contributed by atoms with Gasteiger partial charge in [0.05, 0.1) is 0 Å². The van der Waals surface area contributed by atoms with E-state index >= 15 is 0 Å². The Hall–Kier alpha value is -1.88. The van der Waals surface area contributed by atoms with Crippen LogP contribution in [0, 0.1) is 6.92 Å². The van der Waals surface area contributed by atoms with Gasteiger partial charge < -0.3 is 10.4 Å². The largest absolute Gasteiger partial charge is 0.508 e. The van der Waals surface area contributed by atoms with E-state index in [9.17, 15) is 9.90 Å². The first-order valence-electron chi connectivity index (χ1n) is 5.30. The molecule has 0 atom stereocenters. The number of phenols is 1. The number of aryl methyl sites for hydroxylation is 1. The highest BCUT2D eigenvalue weighted by Crippen LogP contribution is 2.17. The monoisotopic (exact) mass is 306 g/mol. The Bertz CT molecular complexity index is 599. The van der Waals surface area contributed by atoms with Gasteiger partial charge in [0.25, 0.3) is 5.91 Å². The molecule has 2 aromatic rings. The fraction of sp³-hybridized carbons (Fsp3) is 0.0769. The van der Waals surface area contributed by atoms with Gasteiger partial charge in [0, 0.05) is 5.56 Å². The van der Waals surface area contributed by atoms with Gasteiger partial charge in [0.15, 0.2) is 0 Å². The third-order valence-electron chi connectivity index (χ3n) is 2.41. The number of hydrogen-bond donors (Lipinski definition) is 2. The van der Waals surface area contributed by atoms with E-state index in [1.54, 1.807) is 37.3 Å². The topological polar surface area (TPSA) is 62.2 Å². The first-order valence-corrected chi connectivity index (χ1v) is 6.09. The van der Waals surface area contributed by atoms with Gasteiger partial charge in [0.1, 0.15) is 16.2 Å². The average Bonchev–Trinajstić information content (AvgIpc) is 2.28. The third-order valence-corrected chi connectivity index (χ3v) is 2.85. The fourth-order valence-corrected chi connectivity index (χ4v) is 1.91. The molecule has 0 unspecified atom stereocenters. The Morgan fingerprint density at radius 3 is 2.78 bits per heavy atom. The lowest BCUT2D eigenvalue weighted by molar-refractivity contribution is 0.102. The molecule has 0 aliphatic heterocycles. The van der Waals surface area contributed by atoms with Crippen molar-refractivity contribution in [3.8, 4) is 5.75 Å². The Morgan fingerprint density at radius 2 is 2.11 bits per heavy atom. The molecule has 2 N–H and O–H groups in total. The van der Waals surface area contributed by atoms with E-state index in [1.807, 2.05) is 0 Å². The number of pyridine rings is 1. The van der Waals surface area contributed by atoms with E-state index in [-0.39, 0.29) is 11.7 Å². The number of hydrogen-bond acceptors (Lipinski definition) is 3. The van der Waals surface area contributed by atoms with Crippen LogP contribution in [-0.2, 0) is 0 Å². The second-order valence-electron chi connectivity index (χ2n) is 3.80. The number of carbonyl (C=O) groups is 1. The first-order chi connectivity index (χ1) is 8.56. The Morgan fingerprint density at radius 1 is 1.33 bits per heavy atom. The summed E-state index contributed by atoms with van der Waals surface area (Å²) >= 11 is 3.24. The van der Waals surface area contributed by atoms with E-state index in [1.165, 1.54) is 6.07 Å². The summed E-state index contributed by atoms with van der Waals surface area (Å²) in [5.74, 6) is 0.365. The number of nitrogens with one attached hydrogen (secondary N) is 1. The number of carbonyl (C=O) groups excluding carboxylic acids is 1. The zero-order chi connectivity index (χ0) is 13.1. The van der Waals surface area contributed by atoms with Crippen molar-refractivity contribution < 1.29 is 9.90 Å². The molecule has 18 heavy (non-hydrogen) atoms. The second-order valence-corrected chi connectivity index (χ2v) is 4.61. The van der Waals surface area contributed by atoms with Crippen LogP contribution in [0.2, 0.25) is 0 Å². The minimum absolute atomic E-state index is 0.143. The Balaban J connectivity index is 2.22. The maximum absolute atomic E-state index is 12.0. The minimum Gasteiger partial charge on any atom is -0.508 e. The molecule has 0 bridgehead atoms. The number of amides is 1. The molecule has 0 saturated carbocycles. The molecule has 5 heteroatoms. The van der Waals surface area contributed by atoms with Crippen LogP contribution in [-0.4, -0.2) is 16.0 Å². The molecule has 2 rings (SSSR count).